The zero-order valence-corrected chi connectivity index (χ0v) is 17.9. The quantitative estimate of drug-likeness (QED) is 0.299. The van der Waals surface area contributed by atoms with Gasteiger partial charge in [0, 0.05) is 36.7 Å². The molecular formula is C21H24IN5. The van der Waals surface area contributed by atoms with Crippen LogP contribution in [0.4, 0.5) is 0 Å². The number of aromatic amines is 1. The molecule has 6 heteroatoms. The van der Waals surface area contributed by atoms with Crippen LogP contribution in [-0.4, -0.2) is 24.5 Å². The predicted octanol–water partition coefficient (Wildman–Crippen LogP) is 3.87. The number of halogens is 1. The average molecular weight is 473 g/mol. The van der Waals surface area contributed by atoms with Crippen LogP contribution in [0.2, 0.25) is 0 Å². The van der Waals surface area contributed by atoms with E-state index in [1.165, 1.54) is 22.2 Å². The topological polar surface area (TPSA) is 76.0 Å². The summed E-state index contributed by atoms with van der Waals surface area (Å²) in [6.45, 7) is 3.53. The Morgan fingerprint density at radius 1 is 1.15 bits per heavy atom. The predicted molar refractivity (Wildman–Crippen MR) is 122 cm³/mol. The van der Waals surface area contributed by atoms with E-state index >= 15 is 0 Å². The number of H-pyrrole nitrogens is 1. The summed E-state index contributed by atoms with van der Waals surface area (Å²) in [7, 11) is 1.76. The molecule has 140 valence electrons. The number of aryl methyl sites for hydroxylation is 1. The minimum absolute atomic E-state index is 0. The van der Waals surface area contributed by atoms with Crippen LogP contribution >= 0.6 is 24.0 Å². The maximum absolute atomic E-state index is 8.98. The molecule has 27 heavy (non-hydrogen) atoms. The molecule has 3 aromatic rings. The summed E-state index contributed by atoms with van der Waals surface area (Å²) in [5.41, 5.74) is 5.45. The van der Waals surface area contributed by atoms with Crippen molar-refractivity contribution in [2.24, 2.45) is 4.99 Å². The SMILES string of the molecule is CN=C(NCCc1c(C)[nH]c2ccccc12)NCc1cccc(C#N)c1.I. The van der Waals surface area contributed by atoms with Gasteiger partial charge in [-0.05, 0) is 42.7 Å². The van der Waals surface area contributed by atoms with Crippen LogP contribution in [0.15, 0.2) is 53.5 Å². The van der Waals surface area contributed by atoms with Crippen molar-refractivity contribution in [3.05, 3.63) is 70.9 Å². The minimum atomic E-state index is 0. The molecule has 2 aromatic carbocycles. The highest BCUT2D eigenvalue weighted by atomic mass is 127. The number of rotatable bonds is 5. The van der Waals surface area contributed by atoms with Crippen molar-refractivity contribution < 1.29 is 0 Å². The monoisotopic (exact) mass is 473 g/mol. The van der Waals surface area contributed by atoms with Gasteiger partial charge >= 0.3 is 0 Å². The lowest BCUT2D eigenvalue weighted by Gasteiger charge is -2.12. The molecule has 0 radical (unpaired) electrons. The second kappa shape index (κ2) is 9.97. The Morgan fingerprint density at radius 2 is 1.96 bits per heavy atom. The van der Waals surface area contributed by atoms with E-state index in [0.29, 0.717) is 12.1 Å². The third-order valence-corrected chi connectivity index (χ3v) is 4.43. The Kier molecular flexibility index (Phi) is 7.67. The van der Waals surface area contributed by atoms with Crippen LogP contribution in [0.25, 0.3) is 10.9 Å². The van der Waals surface area contributed by atoms with Gasteiger partial charge in [-0.3, -0.25) is 4.99 Å². The fraction of sp³-hybridized carbons (Fsp3) is 0.238. The van der Waals surface area contributed by atoms with Gasteiger partial charge in [-0.1, -0.05) is 30.3 Å². The van der Waals surface area contributed by atoms with Gasteiger partial charge in [0.2, 0.25) is 0 Å². The van der Waals surface area contributed by atoms with Gasteiger partial charge in [0.05, 0.1) is 11.6 Å². The van der Waals surface area contributed by atoms with Crippen LogP contribution < -0.4 is 10.6 Å². The Labute approximate surface area is 176 Å². The lowest BCUT2D eigenvalue weighted by atomic mass is 10.1. The molecule has 0 aliphatic carbocycles. The number of nitriles is 1. The molecule has 0 bridgehead atoms. The van der Waals surface area contributed by atoms with E-state index in [1.807, 2.05) is 24.3 Å². The second-order valence-electron chi connectivity index (χ2n) is 6.19. The number of hydrogen-bond donors (Lipinski definition) is 3. The van der Waals surface area contributed by atoms with Gasteiger partial charge in [-0.25, -0.2) is 0 Å². The molecule has 0 atom stereocenters. The summed E-state index contributed by atoms with van der Waals surface area (Å²) in [5, 5.41) is 16.9. The number of guanidine groups is 1. The third-order valence-electron chi connectivity index (χ3n) is 4.43. The van der Waals surface area contributed by atoms with Gasteiger partial charge in [-0.2, -0.15) is 5.26 Å². The summed E-state index contributed by atoms with van der Waals surface area (Å²) in [6.07, 6.45) is 0.917. The number of aliphatic imine (C=N–C) groups is 1. The number of nitrogens with zero attached hydrogens (tertiary/aromatic N) is 2. The van der Waals surface area contributed by atoms with E-state index in [9.17, 15) is 0 Å². The highest BCUT2D eigenvalue weighted by Gasteiger charge is 2.08. The van der Waals surface area contributed by atoms with Crippen molar-refractivity contribution in [3.63, 3.8) is 0 Å². The first-order valence-electron chi connectivity index (χ1n) is 8.71. The van der Waals surface area contributed by atoms with Crippen molar-refractivity contribution in [2.75, 3.05) is 13.6 Å². The number of nitrogens with one attached hydrogen (secondary N) is 3. The van der Waals surface area contributed by atoms with E-state index < -0.39 is 0 Å². The summed E-state index contributed by atoms with van der Waals surface area (Å²) in [4.78, 5) is 7.71. The Balaban J connectivity index is 0.00000261. The molecule has 3 N–H and O–H groups in total. The van der Waals surface area contributed by atoms with E-state index in [-0.39, 0.29) is 24.0 Å². The highest BCUT2D eigenvalue weighted by Crippen LogP contribution is 2.21. The van der Waals surface area contributed by atoms with E-state index in [0.717, 1.165) is 24.5 Å². The van der Waals surface area contributed by atoms with Crippen molar-refractivity contribution in [2.45, 2.75) is 19.9 Å². The first-order chi connectivity index (χ1) is 12.7. The second-order valence-corrected chi connectivity index (χ2v) is 6.19. The summed E-state index contributed by atoms with van der Waals surface area (Å²) >= 11 is 0. The van der Waals surface area contributed by atoms with Gasteiger partial charge in [-0.15, -0.1) is 24.0 Å². The van der Waals surface area contributed by atoms with Crippen molar-refractivity contribution >= 4 is 40.8 Å². The molecular weight excluding hydrogens is 449 g/mol. The number of hydrogen-bond acceptors (Lipinski definition) is 2. The third kappa shape index (κ3) is 5.23. The Hall–Kier alpha value is -2.53. The minimum Gasteiger partial charge on any atom is -0.358 e. The summed E-state index contributed by atoms with van der Waals surface area (Å²) in [6, 6.07) is 18.1. The van der Waals surface area contributed by atoms with Gasteiger partial charge in [0.1, 0.15) is 0 Å². The average Bonchev–Trinajstić information content (AvgIpc) is 3.00. The first-order valence-corrected chi connectivity index (χ1v) is 8.71. The molecule has 0 aliphatic heterocycles. The van der Waals surface area contributed by atoms with Gasteiger partial charge < -0.3 is 15.6 Å². The molecule has 3 rings (SSSR count). The van der Waals surface area contributed by atoms with E-state index in [4.69, 9.17) is 5.26 Å². The maximum Gasteiger partial charge on any atom is 0.191 e. The zero-order chi connectivity index (χ0) is 18.4. The van der Waals surface area contributed by atoms with E-state index in [2.05, 4.69) is 51.8 Å². The van der Waals surface area contributed by atoms with Crippen LogP contribution in [0.1, 0.15) is 22.4 Å². The fourth-order valence-corrected chi connectivity index (χ4v) is 3.12. The molecule has 5 nitrogen and oxygen atoms in total. The molecule has 0 saturated carbocycles. The molecule has 1 heterocycles. The summed E-state index contributed by atoms with van der Waals surface area (Å²) in [5.74, 6) is 0.754. The zero-order valence-electron chi connectivity index (χ0n) is 15.5. The first kappa shape index (κ1) is 20.8. The number of aromatic nitrogens is 1. The van der Waals surface area contributed by atoms with Crippen LogP contribution in [0, 0.1) is 18.3 Å². The van der Waals surface area contributed by atoms with Crippen LogP contribution in [0.5, 0.6) is 0 Å². The number of fused-ring (bicyclic) bond motifs is 1. The molecule has 0 spiro atoms. The molecule has 0 saturated heterocycles. The van der Waals surface area contributed by atoms with Crippen molar-refractivity contribution in [1.82, 2.24) is 15.6 Å². The van der Waals surface area contributed by atoms with Crippen LogP contribution in [0.3, 0.4) is 0 Å². The molecule has 0 fully saturated rings. The molecule has 0 aliphatic rings. The standard InChI is InChI=1S/C21H23N5.HI/c1-15-18(19-8-3-4-9-20(19)26-15)10-11-24-21(23-2)25-14-17-7-5-6-16(12-17)13-22;/h3-9,12,26H,10-11,14H2,1-2H3,(H2,23,24,25);1H. The van der Waals surface area contributed by atoms with E-state index in [1.54, 1.807) is 13.1 Å². The number of benzene rings is 2. The lowest BCUT2D eigenvalue weighted by Crippen LogP contribution is -2.37. The normalized spacial score (nSPS) is 10.9. The van der Waals surface area contributed by atoms with Crippen LogP contribution in [-0.2, 0) is 13.0 Å². The van der Waals surface area contributed by atoms with Crippen molar-refractivity contribution in [1.29, 1.82) is 5.26 Å². The fourth-order valence-electron chi connectivity index (χ4n) is 3.12. The molecule has 0 unspecified atom stereocenters. The number of para-hydroxylation sites is 1. The van der Waals surface area contributed by atoms with Crippen molar-refractivity contribution in [3.8, 4) is 6.07 Å². The molecule has 1 aromatic heterocycles. The maximum atomic E-state index is 8.98. The smallest absolute Gasteiger partial charge is 0.191 e. The lowest BCUT2D eigenvalue weighted by molar-refractivity contribution is 0.794. The van der Waals surface area contributed by atoms with Gasteiger partial charge in [0.25, 0.3) is 0 Å². The highest BCUT2D eigenvalue weighted by molar-refractivity contribution is 14.0. The largest absolute Gasteiger partial charge is 0.358 e. The molecule has 0 amide bonds. The Morgan fingerprint density at radius 3 is 2.74 bits per heavy atom. The van der Waals surface area contributed by atoms with Gasteiger partial charge in [0.15, 0.2) is 5.96 Å². The summed E-state index contributed by atoms with van der Waals surface area (Å²) < 4.78 is 0. The Bertz CT molecular complexity index is 968.